The lowest BCUT2D eigenvalue weighted by atomic mass is 10.2. The smallest absolute Gasteiger partial charge is 0.414 e. The first-order valence-corrected chi connectivity index (χ1v) is 4.97. The van der Waals surface area contributed by atoms with E-state index in [0.717, 1.165) is 19.7 Å². The number of rotatable bonds is 2. The Balaban J connectivity index is 0.000000187. The van der Waals surface area contributed by atoms with Gasteiger partial charge in [0, 0.05) is 19.1 Å². The van der Waals surface area contributed by atoms with Crippen molar-refractivity contribution in [3.63, 3.8) is 0 Å². The SMILES string of the molecule is O=C(O)C(=O)O.OCCN1C[C@@H]2C[C@H]1CO2. The largest absolute Gasteiger partial charge is 0.473 e. The van der Waals surface area contributed by atoms with E-state index in [2.05, 4.69) is 4.90 Å². The molecule has 0 spiro atoms. The van der Waals surface area contributed by atoms with Crippen LogP contribution in [0.1, 0.15) is 6.42 Å². The van der Waals surface area contributed by atoms with Crippen LogP contribution in [0.2, 0.25) is 0 Å². The van der Waals surface area contributed by atoms with Crippen LogP contribution < -0.4 is 0 Å². The Morgan fingerprint density at radius 2 is 1.94 bits per heavy atom. The summed E-state index contributed by atoms with van der Waals surface area (Å²) in [7, 11) is 0. The maximum Gasteiger partial charge on any atom is 0.414 e. The molecule has 7 heteroatoms. The summed E-state index contributed by atoms with van der Waals surface area (Å²) in [5, 5.41) is 23.5. The fourth-order valence-corrected chi connectivity index (χ4v) is 1.88. The third-order valence-corrected chi connectivity index (χ3v) is 2.58. The fraction of sp³-hybridized carbons (Fsp3) is 0.778. The second kappa shape index (κ2) is 5.78. The van der Waals surface area contributed by atoms with Crippen molar-refractivity contribution < 1.29 is 29.6 Å². The molecule has 0 aromatic carbocycles. The number of carbonyl (C=O) groups is 2. The standard InChI is InChI=1S/C7H13NO2.C2H2O4/c9-2-1-8-4-7-3-6(8)5-10-7;3-1(4)2(5)6/h6-7,9H,1-5H2;(H,3,4)(H,5,6)/t6-,7-;/m0./s1. The fourth-order valence-electron chi connectivity index (χ4n) is 1.88. The molecule has 0 unspecified atom stereocenters. The van der Waals surface area contributed by atoms with E-state index in [1.165, 1.54) is 6.42 Å². The normalized spacial score (nSPS) is 27.3. The topological polar surface area (TPSA) is 107 Å². The quantitative estimate of drug-likeness (QED) is 0.504. The number of aliphatic hydroxyl groups is 1. The van der Waals surface area contributed by atoms with E-state index in [9.17, 15) is 0 Å². The van der Waals surface area contributed by atoms with Crippen molar-refractivity contribution in [1.29, 1.82) is 0 Å². The Morgan fingerprint density at radius 3 is 2.25 bits per heavy atom. The van der Waals surface area contributed by atoms with E-state index in [4.69, 9.17) is 29.6 Å². The highest BCUT2D eigenvalue weighted by atomic mass is 16.5. The van der Waals surface area contributed by atoms with Gasteiger partial charge in [0.15, 0.2) is 0 Å². The first-order valence-electron chi connectivity index (χ1n) is 4.97. The second-order valence-electron chi connectivity index (χ2n) is 3.67. The van der Waals surface area contributed by atoms with E-state index in [0.29, 0.717) is 12.1 Å². The summed E-state index contributed by atoms with van der Waals surface area (Å²) in [4.78, 5) is 20.5. The number of β-amino-alcohol motifs (C(OH)–C–C–N with tert-alkyl or cyclic N) is 1. The van der Waals surface area contributed by atoms with Gasteiger partial charge in [0.1, 0.15) is 0 Å². The van der Waals surface area contributed by atoms with Crippen LogP contribution >= 0.6 is 0 Å². The Labute approximate surface area is 92.2 Å². The van der Waals surface area contributed by atoms with Crippen LogP contribution in [-0.2, 0) is 14.3 Å². The van der Waals surface area contributed by atoms with E-state index in [1.54, 1.807) is 0 Å². The summed E-state index contributed by atoms with van der Waals surface area (Å²) in [5.41, 5.74) is 0. The van der Waals surface area contributed by atoms with Crippen LogP contribution in [0.5, 0.6) is 0 Å². The van der Waals surface area contributed by atoms with Crippen molar-refractivity contribution in [2.75, 3.05) is 26.3 Å². The molecule has 2 fully saturated rings. The number of aliphatic hydroxyl groups excluding tert-OH is 1. The van der Waals surface area contributed by atoms with E-state index in [-0.39, 0.29) is 6.61 Å². The Hall–Kier alpha value is -1.18. The third kappa shape index (κ3) is 3.44. The summed E-state index contributed by atoms with van der Waals surface area (Å²) in [6.45, 7) is 3.02. The Kier molecular flexibility index (Phi) is 4.66. The van der Waals surface area contributed by atoms with Crippen molar-refractivity contribution in [3.8, 4) is 0 Å². The third-order valence-electron chi connectivity index (χ3n) is 2.58. The lowest BCUT2D eigenvalue weighted by molar-refractivity contribution is -0.159. The van der Waals surface area contributed by atoms with Gasteiger partial charge >= 0.3 is 11.9 Å². The molecule has 3 N–H and O–H groups in total. The zero-order valence-electron chi connectivity index (χ0n) is 8.70. The molecule has 2 aliphatic rings. The van der Waals surface area contributed by atoms with E-state index >= 15 is 0 Å². The van der Waals surface area contributed by atoms with E-state index < -0.39 is 11.9 Å². The van der Waals surface area contributed by atoms with Gasteiger partial charge in [0.25, 0.3) is 0 Å². The van der Waals surface area contributed by atoms with Gasteiger partial charge in [-0.1, -0.05) is 0 Å². The minimum atomic E-state index is -1.82. The van der Waals surface area contributed by atoms with Gasteiger partial charge in [-0.2, -0.15) is 0 Å². The van der Waals surface area contributed by atoms with Crippen LogP contribution in [-0.4, -0.2) is 70.6 Å². The Bertz CT molecular complexity index is 257. The molecule has 7 nitrogen and oxygen atoms in total. The highest BCUT2D eigenvalue weighted by Gasteiger charge is 2.38. The molecule has 0 radical (unpaired) electrons. The molecule has 0 aliphatic carbocycles. The molecule has 2 atom stereocenters. The molecule has 2 heterocycles. The molecule has 2 saturated heterocycles. The number of hydrogen-bond acceptors (Lipinski definition) is 5. The summed E-state index contributed by atoms with van der Waals surface area (Å²) in [6, 6.07) is 0.608. The van der Waals surface area contributed by atoms with Crippen molar-refractivity contribution in [2.24, 2.45) is 0 Å². The molecule has 0 amide bonds. The van der Waals surface area contributed by atoms with Crippen molar-refractivity contribution >= 4 is 11.9 Å². The highest BCUT2D eigenvalue weighted by molar-refractivity contribution is 6.27. The molecular weight excluding hydrogens is 218 g/mol. The van der Waals surface area contributed by atoms with Crippen molar-refractivity contribution in [2.45, 2.75) is 18.6 Å². The molecule has 0 saturated carbocycles. The molecule has 0 aromatic rings. The maximum atomic E-state index is 9.10. The maximum absolute atomic E-state index is 9.10. The number of ether oxygens (including phenoxy) is 1. The molecule has 2 rings (SSSR count). The first-order chi connectivity index (χ1) is 7.54. The predicted octanol–water partition coefficient (Wildman–Crippen LogP) is -1.39. The van der Waals surface area contributed by atoms with Crippen LogP contribution in [0.4, 0.5) is 0 Å². The summed E-state index contributed by atoms with van der Waals surface area (Å²) < 4.78 is 5.41. The highest BCUT2D eigenvalue weighted by Crippen LogP contribution is 2.26. The number of morpholine rings is 1. The predicted molar refractivity (Wildman–Crippen MR) is 52.1 cm³/mol. The first kappa shape index (κ1) is 12.9. The van der Waals surface area contributed by atoms with Crippen LogP contribution in [0.25, 0.3) is 0 Å². The van der Waals surface area contributed by atoms with Gasteiger partial charge in [-0.15, -0.1) is 0 Å². The van der Waals surface area contributed by atoms with Crippen LogP contribution in [0.15, 0.2) is 0 Å². The van der Waals surface area contributed by atoms with Gasteiger partial charge in [-0.3, -0.25) is 4.90 Å². The van der Waals surface area contributed by atoms with Gasteiger partial charge in [0.2, 0.25) is 0 Å². The zero-order chi connectivity index (χ0) is 12.1. The average Bonchev–Trinajstić information content (AvgIpc) is 2.80. The Morgan fingerprint density at radius 1 is 1.31 bits per heavy atom. The molecule has 16 heavy (non-hydrogen) atoms. The van der Waals surface area contributed by atoms with Crippen LogP contribution in [0.3, 0.4) is 0 Å². The number of carboxylic acid groups (broad SMARTS) is 2. The lowest BCUT2D eigenvalue weighted by Crippen LogP contribution is -2.38. The minimum absolute atomic E-state index is 0.281. The number of hydrogen-bond donors (Lipinski definition) is 3. The average molecular weight is 233 g/mol. The number of nitrogens with zero attached hydrogens (tertiary/aromatic N) is 1. The number of carboxylic acids is 2. The van der Waals surface area contributed by atoms with Crippen LogP contribution in [0, 0.1) is 0 Å². The van der Waals surface area contributed by atoms with Gasteiger partial charge in [-0.05, 0) is 6.42 Å². The monoisotopic (exact) mass is 233 g/mol. The number of likely N-dealkylation sites (tertiary alicyclic amines) is 1. The van der Waals surface area contributed by atoms with Gasteiger partial charge < -0.3 is 20.1 Å². The molecule has 2 aliphatic heterocycles. The second-order valence-corrected chi connectivity index (χ2v) is 3.67. The molecule has 92 valence electrons. The zero-order valence-corrected chi connectivity index (χ0v) is 8.70. The van der Waals surface area contributed by atoms with Crippen molar-refractivity contribution in [3.05, 3.63) is 0 Å². The summed E-state index contributed by atoms with van der Waals surface area (Å²) in [6.07, 6.45) is 1.65. The van der Waals surface area contributed by atoms with Crippen molar-refractivity contribution in [1.82, 2.24) is 4.90 Å². The number of fused-ring (bicyclic) bond motifs is 2. The van der Waals surface area contributed by atoms with E-state index in [1.807, 2.05) is 0 Å². The molecule has 2 bridgehead atoms. The molecular formula is C9H15NO6. The summed E-state index contributed by atoms with van der Waals surface area (Å²) in [5.74, 6) is -3.65. The summed E-state index contributed by atoms with van der Waals surface area (Å²) >= 11 is 0. The minimum Gasteiger partial charge on any atom is -0.473 e. The molecule has 0 aromatic heterocycles. The number of aliphatic carboxylic acids is 2. The van der Waals surface area contributed by atoms with Gasteiger partial charge in [-0.25, -0.2) is 9.59 Å². The van der Waals surface area contributed by atoms with Gasteiger partial charge in [0.05, 0.1) is 19.3 Å². The lowest BCUT2D eigenvalue weighted by Gasteiger charge is -2.25.